The second-order valence-electron chi connectivity index (χ2n) is 4.00. The van der Waals surface area contributed by atoms with E-state index in [0.29, 0.717) is 18.0 Å². The average molecular weight is 258 g/mol. The Hall–Kier alpha value is -2.56. The number of nitro benzene ring substituents is 1. The number of hydrogen-bond acceptors (Lipinski definition) is 4. The molecule has 98 valence electrons. The molecule has 5 heteroatoms. The van der Waals surface area contributed by atoms with Gasteiger partial charge in [-0.25, -0.2) is 0 Å². The van der Waals surface area contributed by atoms with Crippen molar-refractivity contribution in [1.29, 1.82) is 0 Å². The Balaban J connectivity index is 2.15. The second-order valence-corrected chi connectivity index (χ2v) is 4.00. The van der Waals surface area contributed by atoms with E-state index in [2.05, 4.69) is 5.32 Å². The molecule has 0 atom stereocenters. The van der Waals surface area contributed by atoms with Crippen molar-refractivity contribution in [1.82, 2.24) is 0 Å². The summed E-state index contributed by atoms with van der Waals surface area (Å²) in [6, 6.07) is 14.3. The molecule has 0 fully saturated rings. The molecule has 2 rings (SSSR count). The fourth-order valence-corrected chi connectivity index (χ4v) is 1.66. The van der Waals surface area contributed by atoms with E-state index in [1.54, 1.807) is 13.1 Å². The van der Waals surface area contributed by atoms with Crippen LogP contribution in [0.2, 0.25) is 0 Å². The summed E-state index contributed by atoms with van der Waals surface area (Å²) in [5.74, 6) is 0.474. The van der Waals surface area contributed by atoms with Gasteiger partial charge in [-0.3, -0.25) is 10.1 Å². The number of non-ortho nitro benzene ring substituents is 1. The van der Waals surface area contributed by atoms with Crippen LogP contribution in [-0.2, 0) is 6.61 Å². The first kappa shape index (κ1) is 12.9. The summed E-state index contributed by atoms with van der Waals surface area (Å²) in [6.45, 7) is 0.380. The third-order valence-corrected chi connectivity index (χ3v) is 2.64. The molecule has 5 nitrogen and oxygen atoms in total. The van der Waals surface area contributed by atoms with Crippen LogP contribution >= 0.6 is 0 Å². The van der Waals surface area contributed by atoms with Gasteiger partial charge in [0.15, 0.2) is 0 Å². The fourth-order valence-electron chi connectivity index (χ4n) is 1.66. The summed E-state index contributed by atoms with van der Waals surface area (Å²) in [5.41, 5.74) is 1.67. The molecule has 0 amide bonds. The molecule has 0 bridgehead atoms. The van der Waals surface area contributed by atoms with E-state index >= 15 is 0 Å². The lowest BCUT2D eigenvalue weighted by atomic mass is 10.2. The number of hydrogen-bond donors (Lipinski definition) is 1. The Morgan fingerprint density at radius 3 is 2.58 bits per heavy atom. The van der Waals surface area contributed by atoms with Gasteiger partial charge in [0.05, 0.1) is 11.0 Å². The zero-order valence-electron chi connectivity index (χ0n) is 10.5. The Morgan fingerprint density at radius 1 is 1.21 bits per heavy atom. The number of nitro groups is 1. The molecule has 1 N–H and O–H groups in total. The highest BCUT2D eigenvalue weighted by atomic mass is 16.6. The normalized spacial score (nSPS) is 9.95. The number of rotatable bonds is 5. The average Bonchev–Trinajstić information content (AvgIpc) is 2.45. The smallest absolute Gasteiger partial charge is 0.275 e. The van der Waals surface area contributed by atoms with Gasteiger partial charge in [-0.15, -0.1) is 0 Å². The first-order chi connectivity index (χ1) is 9.19. The van der Waals surface area contributed by atoms with E-state index in [4.69, 9.17) is 4.74 Å². The molecule has 0 heterocycles. The summed E-state index contributed by atoms with van der Waals surface area (Å²) in [6.07, 6.45) is 0. The lowest BCUT2D eigenvalue weighted by molar-refractivity contribution is -0.384. The number of nitrogens with one attached hydrogen (secondary N) is 1. The van der Waals surface area contributed by atoms with Crippen molar-refractivity contribution >= 4 is 11.4 Å². The molecule has 0 saturated carbocycles. The predicted octanol–water partition coefficient (Wildman–Crippen LogP) is 3.22. The molecule has 2 aromatic carbocycles. The van der Waals surface area contributed by atoms with Crippen LogP contribution in [0.15, 0.2) is 48.5 Å². The Bertz CT molecular complexity index is 570. The molecule has 0 radical (unpaired) electrons. The molecule has 0 aliphatic heterocycles. The topological polar surface area (TPSA) is 64.4 Å². The summed E-state index contributed by atoms with van der Waals surface area (Å²) in [4.78, 5) is 10.4. The quantitative estimate of drug-likeness (QED) is 0.660. The molecule has 0 aromatic heterocycles. The molecule has 19 heavy (non-hydrogen) atoms. The summed E-state index contributed by atoms with van der Waals surface area (Å²) in [5, 5.41) is 13.7. The molecular formula is C14H14N2O3. The molecule has 2 aromatic rings. The van der Waals surface area contributed by atoms with Gasteiger partial charge in [0.25, 0.3) is 5.69 Å². The molecule has 0 saturated heterocycles. The first-order valence-corrected chi connectivity index (χ1v) is 5.83. The predicted molar refractivity (Wildman–Crippen MR) is 73.4 cm³/mol. The standard InChI is InChI=1S/C14H14N2O3/c1-15-12-7-13(16(17)18)9-14(8-12)19-10-11-5-3-2-4-6-11/h2-9,15H,10H2,1H3. The van der Waals surface area contributed by atoms with Crippen LogP contribution in [0.3, 0.4) is 0 Å². The van der Waals surface area contributed by atoms with Crippen molar-refractivity contribution in [3.63, 3.8) is 0 Å². The maximum Gasteiger partial charge on any atom is 0.275 e. The van der Waals surface area contributed by atoms with Crippen molar-refractivity contribution < 1.29 is 9.66 Å². The lowest BCUT2D eigenvalue weighted by Gasteiger charge is -2.08. The number of benzene rings is 2. The minimum absolute atomic E-state index is 0.00918. The Morgan fingerprint density at radius 2 is 1.95 bits per heavy atom. The SMILES string of the molecule is CNc1cc(OCc2ccccc2)cc([N+](=O)[O-])c1. The van der Waals surface area contributed by atoms with E-state index < -0.39 is 4.92 Å². The molecule has 0 aliphatic rings. The van der Waals surface area contributed by atoms with Gasteiger partial charge in [0.1, 0.15) is 12.4 Å². The molecule has 0 spiro atoms. The van der Waals surface area contributed by atoms with E-state index in [1.807, 2.05) is 30.3 Å². The third kappa shape index (κ3) is 3.45. The van der Waals surface area contributed by atoms with Crippen molar-refractivity contribution in [2.75, 3.05) is 12.4 Å². The van der Waals surface area contributed by atoms with Crippen LogP contribution in [0.4, 0.5) is 11.4 Å². The highest BCUT2D eigenvalue weighted by Gasteiger charge is 2.10. The van der Waals surface area contributed by atoms with Gasteiger partial charge in [-0.2, -0.15) is 0 Å². The van der Waals surface area contributed by atoms with Crippen LogP contribution in [0.1, 0.15) is 5.56 Å². The summed E-state index contributed by atoms with van der Waals surface area (Å²) < 4.78 is 5.58. The number of ether oxygens (including phenoxy) is 1. The van der Waals surface area contributed by atoms with E-state index in [9.17, 15) is 10.1 Å². The van der Waals surface area contributed by atoms with Crippen molar-refractivity contribution in [2.24, 2.45) is 0 Å². The minimum atomic E-state index is -0.434. The van der Waals surface area contributed by atoms with Crippen LogP contribution in [0.25, 0.3) is 0 Å². The maximum absolute atomic E-state index is 10.8. The highest BCUT2D eigenvalue weighted by Crippen LogP contribution is 2.26. The van der Waals surface area contributed by atoms with Crippen LogP contribution in [0, 0.1) is 10.1 Å². The zero-order chi connectivity index (χ0) is 13.7. The largest absolute Gasteiger partial charge is 0.489 e. The van der Waals surface area contributed by atoms with Gasteiger partial charge < -0.3 is 10.1 Å². The van der Waals surface area contributed by atoms with Crippen molar-refractivity contribution in [3.8, 4) is 5.75 Å². The minimum Gasteiger partial charge on any atom is -0.489 e. The van der Waals surface area contributed by atoms with E-state index in [0.717, 1.165) is 5.56 Å². The fraction of sp³-hybridized carbons (Fsp3) is 0.143. The molecular weight excluding hydrogens is 244 g/mol. The Kier molecular flexibility index (Phi) is 3.97. The van der Waals surface area contributed by atoms with Gasteiger partial charge >= 0.3 is 0 Å². The zero-order valence-corrected chi connectivity index (χ0v) is 10.5. The third-order valence-electron chi connectivity index (χ3n) is 2.64. The van der Waals surface area contributed by atoms with Crippen LogP contribution < -0.4 is 10.1 Å². The summed E-state index contributed by atoms with van der Waals surface area (Å²) in [7, 11) is 1.71. The lowest BCUT2D eigenvalue weighted by Crippen LogP contribution is -1.98. The van der Waals surface area contributed by atoms with Gasteiger partial charge in [-0.1, -0.05) is 30.3 Å². The van der Waals surface area contributed by atoms with Gasteiger partial charge in [0, 0.05) is 24.9 Å². The van der Waals surface area contributed by atoms with Gasteiger partial charge in [0.2, 0.25) is 0 Å². The van der Waals surface area contributed by atoms with E-state index in [1.165, 1.54) is 12.1 Å². The highest BCUT2D eigenvalue weighted by molar-refractivity contribution is 5.56. The second kappa shape index (κ2) is 5.86. The van der Waals surface area contributed by atoms with Gasteiger partial charge in [-0.05, 0) is 5.56 Å². The summed E-state index contributed by atoms with van der Waals surface area (Å²) >= 11 is 0. The first-order valence-electron chi connectivity index (χ1n) is 5.83. The van der Waals surface area contributed by atoms with Crippen molar-refractivity contribution in [2.45, 2.75) is 6.61 Å². The monoisotopic (exact) mass is 258 g/mol. The van der Waals surface area contributed by atoms with Crippen LogP contribution in [0.5, 0.6) is 5.75 Å². The van der Waals surface area contributed by atoms with E-state index in [-0.39, 0.29) is 5.69 Å². The number of anilines is 1. The number of nitrogens with zero attached hydrogens (tertiary/aromatic N) is 1. The van der Waals surface area contributed by atoms with Crippen molar-refractivity contribution in [3.05, 3.63) is 64.2 Å². The Labute approximate surface area is 111 Å². The van der Waals surface area contributed by atoms with Crippen LogP contribution in [-0.4, -0.2) is 12.0 Å². The molecule has 0 unspecified atom stereocenters. The maximum atomic E-state index is 10.8. The molecule has 0 aliphatic carbocycles.